The second kappa shape index (κ2) is 8.52. The largest absolute Gasteiger partial charge is 0.421 e. The summed E-state index contributed by atoms with van der Waals surface area (Å²) in [5.41, 5.74) is -4.66. The summed E-state index contributed by atoms with van der Waals surface area (Å²) in [6.07, 6.45) is -5.84. The van der Waals surface area contributed by atoms with Gasteiger partial charge in [0.05, 0.1) is 17.0 Å². The first-order valence-electron chi connectivity index (χ1n) is 11.1. The number of nitrogens with one attached hydrogen (secondary N) is 1. The fourth-order valence-electron chi connectivity index (χ4n) is 4.71. The molecule has 2 aromatic rings. The van der Waals surface area contributed by atoms with E-state index in [1.54, 1.807) is 25.5 Å². The van der Waals surface area contributed by atoms with Gasteiger partial charge in [0.2, 0.25) is 15.6 Å². The summed E-state index contributed by atoms with van der Waals surface area (Å²) >= 11 is 0. The number of amides is 1. The Morgan fingerprint density at radius 2 is 1.56 bits per heavy atom. The zero-order valence-electron chi connectivity index (χ0n) is 19.7. The predicted octanol–water partition coefficient (Wildman–Crippen LogP) is 4.40. The molecule has 1 N–H and O–H groups in total. The quantitative estimate of drug-likeness (QED) is 0.588. The van der Waals surface area contributed by atoms with Gasteiger partial charge < -0.3 is 4.90 Å². The van der Waals surface area contributed by atoms with Gasteiger partial charge in [-0.25, -0.2) is 12.8 Å². The number of sulfonamides is 1. The Morgan fingerprint density at radius 1 is 0.972 bits per heavy atom. The molecule has 1 aliphatic carbocycles. The van der Waals surface area contributed by atoms with Crippen LogP contribution in [0.15, 0.2) is 64.7 Å². The van der Waals surface area contributed by atoms with Gasteiger partial charge in [0.15, 0.2) is 5.78 Å². The number of carbonyl (C=O) groups is 2. The van der Waals surface area contributed by atoms with Crippen LogP contribution in [0.5, 0.6) is 0 Å². The maximum Gasteiger partial charge on any atom is 0.421 e. The number of alkyl halides is 3. The summed E-state index contributed by atoms with van der Waals surface area (Å²) < 4.78 is 85.9. The van der Waals surface area contributed by atoms with E-state index in [4.69, 9.17) is 0 Å². The van der Waals surface area contributed by atoms with Gasteiger partial charge in [-0.1, -0.05) is 43.7 Å². The maximum absolute atomic E-state index is 14.9. The lowest BCUT2D eigenvalue weighted by atomic mass is 9.72. The highest BCUT2D eigenvalue weighted by Gasteiger charge is 2.72. The van der Waals surface area contributed by atoms with Crippen LogP contribution >= 0.6 is 0 Å². The molecule has 0 spiro atoms. The number of allylic oxidation sites excluding steroid dienone is 1. The van der Waals surface area contributed by atoms with E-state index in [0.29, 0.717) is 11.1 Å². The molecule has 11 heteroatoms. The lowest BCUT2D eigenvalue weighted by Gasteiger charge is -2.35. The predicted molar refractivity (Wildman–Crippen MR) is 122 cm³/mol. The van der Waals surface area contributed by atoms with Crippen molar-refractivity contribution in [2.24, 2.45) is 5.41 Å². The molecule has 0 unspecified atom stereocenters. The molecule has 1 heterocycles. The molecule has 2 aromatic carbocycles. The summed E-state index contributed by atoms with van der Waals surface area (Å²) in [7, 11) is -4.89. The molecule has 4 rings (SSSR count). The van der Waals surface area contributed by atoms with Crippen LogP contribution < -0.4 is 4.72 Å². The smallest absolute Gasteiger partial charge is 0.309 e. The lowest BCUT2D eigenvalue weighted by molar-refractivity contribution is -0.189. The third-order valence-electron chi connectivity index (χ3n) is 6.42. The van der Waals surface area contributed by atoms with Crippen molar-refractivity contribution >= 4 is 21.7 Å². The van der Waals surface area contributed by atoms with Crippen molar-refractivity contribution in [2.45, 2.75) is 56.8 Å². The monoisotopic (exact) mass is 524 g/mol. The van der Waals surface area contributed by atoms with E-state index in [-0.39, 0.29) is 18.5 Å². The Hall–Kier alpha value is -3.05. The maximum atomic E-state index is 14.9. The summed E-state index contributed by atoms with van der Waals surface area (Å²) in [5.74, 6) is -3.15. The number of nitrogens with zero attached hydrogens (tertiary/aromatic N) is 1. The molecule has 0 radical (unpaired) electrons. The molecule has 0 saturated heterocycles. The zero-order valence-corrected chi connectivity index (χ0v) is 20.6. The van der Waals surface area contributed by atoms with Gasteiger partial charge in [0.25, 0.3) is 5.91 Å². The van der Waals surface area contributed by atoms with Crippen molar-refractivity contribution < 1.29 is 35.6 Å². The van der Waals surface area contributed by atoms with Gasteiger partial charge in [0.1, 0.15) is 5.82 Å². The molecule has 1 aliphatic heterocycles. The van der Waals surface area contributed by atoms with Gasteiger partial charge in [-0.2, -0.15) is 17.9 Å². The molecule has 6 nitrogen and oxygen atoms in total. The molecule has 192 valence electrons. The van der Waals surface area contributed by atoms with E-state index in [2.05, 4.69) is 0 Å². The first kappa shape index (κ1) is 26.0. The number of Topliss-reactive ketones (excluding diaryl/α,β-unsaturated/α-hetero) is 1. The number of halogens is 4. The van der Waals surface area contributed by atoms with Crippen molar-refractivity contribution in [3.63, 3.8) is 0 Å². The second-order valence-electron chi connectivity index (χ2n) is 9.95. The molecule has 0 fully saturated rings. The number of rotatable bonds is 5. The van der Waals surface area contributed by atoms with E-state index >= 15 is 0 Å². The van der Waals surface area contributed by atoms with Crippen LogP contribution in [0.3, 0.4) is 0 Å². The third kappa shape index (κ3) is 4.34. The van der Waals surface area contributed by atoms with Crippen LogP contribution in [-0.4, -0.2) is 36.7 Å². The van der Waals surface area contributed by atoms with Crippen LogP contribution in [0.1, 0.15) is 37.8 Å². The van der Waals surface area contributed by atoms with Gasteiger partial charge in [-0.15, -0.1) is 0 Å². The Bertz CT molecular complexity index is 1360. The van der Waals surface area contributed by atoms with Crippen LogP contribution in [0.2, 0.25) is 0 Å². The molecular weight excluding hydrogens is 500 g/mol. The number of aryl methyl sites for hydroxylation is 1. The first-order valence-corrected chi connectivity index (χ1v) is 12.6. The van der Waals surface area contributed by atoms with Crippen LogP contribution in [0, 0.1) is 18.2 Å². The molecule has 0 aromatic heterocycles. The van der Waals surface area contributed by atoms with Gasteiger partial charge >= 0.3 is 6.18 Å². The molecular formula is C25H24F4N2O4S. The summed E-state index contributed by atoms with van der Waals surface area (Å²) in [6.45, 7) is 4.64. The van der Waals surface area contributed by atoms with Crippen molar-refractivity contribution in [3.8, 4) is 0 Å². The third-order valence-corrected chi connectivity index (χ3v) is 7.88. The molecule has 36 heavy (non-hydrogen) atoms. The lowest BCUT2D eigenvalue weighted by Crippen LogP contribution is -2.66. The van der Waals surface area contributed by atoms with Crippen molar-refractivity contribution in [2.75, 3.05) is 0 Å². The minimum absolute atomic E-state index is 0.0644. The summed E-state index contributed by atoms with van der Waals surface area (Å²) in [4.78, 5) is 27.1. The number of benzene rings is 2. The van der Waals surface area contributed by atoms with Gasteiger partial charge in [-0.3, -0.25) is 9.59 Å². The standard InChI is InChI=1S/C25H24F4N2O4S/c1-15-4-10-18(11-5-15)36(34,35)30-24(25(27,28)29)21-19(12-23(2,3)13-20(21)32)31(22(24)33)14-16-6-8-17(26)9-7-16/h4-11,30H,12-14H2,1-3H3/t24-/m0/s1. The Labute approximate surface area is 206 Å². The molecule has 1 atom stereocenters. The average Bonchev–Trinajstić information content (AvgIpc) is 2.97. The molecule has 2 aliphatic rings. The molecule has 0 saturated carbocycles. The van der Waals surface area contributed by atoms with E-state index < -0.39 is 61.7 Å². The highest BCUT2D eigenvalue weighted by atomic mass is 32.2. The van der Waals surface area contributed by atoms with Crippen LogP contribution in [0.25, 0.3) is 0 Å². The molecule has 0 bridgehead atoms. The summed E-state index contributed by atoms with van der Waals surface area (Å²) in [6, 6.07) is 9.87. The average molecular weight is 525 g/mol. The highest BCUT2D eigenvalue weighted by molar-refractivity contribution is 7.89. The summed E-state index contributed by atoms with van der Waals surface area (Å²) in [5, 5.41) is 0. The van der Waals surface area contributed by atoms with Crippen molar-refractivity contribution in [1.29, 1.82) is 0 Å². The Balaban J connectivity index is 1.91. The SMILES string of the molecule is Cc1ccc(S(=O)(=O)N[C@]2(C(F)(F)F)C(=O)N(Cc3ccc(F)cc3)C3=C2C(=O)CC(C)(C)C3)cc1. The highest BCUT2D eigenvalue weighted by Crippen LogP contribution is 2.52. The van der Waals surface area contributed by atoms with Crippen molar-refractivity contribution in [3.05, 3.63) is 76.7 Å². The fourth-order valence-corrected chi connectivity index (χ4v) is 6.03. The van der Waals surface area contributed by atoms with E-state index in [0.717, 1.165) is 29.2 Å². The van der Waals surface area contributed by atoms with Gasteiger partial charge in [0, 0.05) is 12.1 Å². The minimum atomic E-state index is -5.48. The Morgan fingerprint density at radius 3 is 2.11 bits per heavy atom. The zero-order chi connectivity index (χ0) is 26.7. The van der Waals surface area contributed by atoms with Crippen LogP contribution in [0.4, 0.5) is 17.6 Å². The number of hydrogen-bond donors (Lipinski definition) is 1. The van der Waals surface area contributed by atoms with Crippen molar-refractivity contribution in [1.82, 2.24) is 9.62 Å². The Kier molecular flexibility index (Phi) is 6.16. The second-order valence-corrected chi connectivity index (χ2v) is 11.6. The normalized spacial score (nSPS) is 22.2. The van der Waals surface area contributed by atoms with E-state index in [1.165, 1.54) is 24.3 Å². The van der Waals surface area contributed by atoms with Crippen LogP contribution in [-0.2, 0) is 26.2 Å². The fraction of sp³-hybridized carbons (Fsp3) is 0.360. The topological polar surface area (TPSA) is 83.6 Å². The first-order chi connectivity index (χ1) is 16.6. The number of ketones is 1. The minimum Gasteiger partial charge on any atom is -0.309 e. The van der Waals surface area contributed by atoms with E-state index in [1.807, 2.05) is 0 Å². The number of carbonyl (C=O) groups excluding carboxylic acids is 2. The molecule has 1 amide bonds. The van der Waals surface area contributed by atoms with Gasteiger partial charge in [-0.05, 0) is 48.6 Å². The number of hydrogen-bond acceptors (Lipinski definition) is 4. The van der Waals surface area contributed by atoms with E-state index in [9.17, 15) is 35.6 Å².